The summed E-state index contributed by atoms with van der Waals surface area (Å²) in [5, 5.41) is 3.44. The Balaban J connectivity index is 0.00000363. The number of halogens is 1. The summed E-state index contributed by atoms with van der Waals surface area (Å²) < 4.78 is 1.76. The first kappa shape index (κ1) is 26.1. The van der Waals surface area contributed by atoms with Crippen molar-refractivity contribution in [1.82, 2.24) is 19.7 Å². The zero-order chi connectivity index (χ0) is 21.7. The molecule has 1 aromatic heterocycles. The second-order valence-corrected chi connectivity index (χ2v) is 7.78. The summed E-state index contributed by atoms with van der Waals surface area (Å²) in [5.41, 5.74) is 1.32. The highest BCUT2D eigenvalue weighted by atomic mass is 127. The molecule has 2 heterocycles. The molecule has 1 fully saturated rings. The van der Waals surface area contributed by atoms with Crippen LogP contribution in [0.15, 0.2) is 70.6 Å². The fourth-order valence-electron chi connectivity index (χ4n) is 3.69. The van der Waals surface area contributed by atoms with Gasteiger partial charge in [-0.2, -0.15) is 0 Å². The van der Waals surface area contributed by atoms with Gasteiger partial charge in [-0.15, -0.1) is 24.0 Å². The van der Waals surface area contributed by atoms with Crippen molar-refractivity contribution in [2.75, 3.05) is 45.8 Å². The summed E-state index contributed by atoms with van der Waals surface area (Å²) in [7, 11) is 0. The first-order valence-electron chi connectivity index (χ1n) is 11.4. The van der Waals surface area contributed by atoms with Crippen LogP contribution in [0.5, 0.6) is 0 Å². The van der Waals surface area contributed by atoms with Crippen molar-refractivity contribution in [3.63, 3.8) is 0 Å². The van der Waals surface area contributed by atoms with Gasteiger partial charge in [0, 0.05) is 64.6 Å². The Labute approximate surface area is 209 Å². The number of guanidine groups is 1. The fourth-order valence-corrected chi connectivity index (χ4v) is 3.69. The van der Waals surface area contributed by atoms with Crippen LogP contribution >= 0.6 is 24.0 Å². The molecule has 0 bridgehead atoms. The summed E-state index contributed by atoms with van der Waals surface area (Å²) in [6, 6.07) is 15.7. The van der Waals surface area contributed by atoms with Gasteiger partial charge in [-0.25, -0.2) is 0 Å². The average molecular weight is 550 g/mol. The normalized spacial score (nSPS) is 15.0. The van der Waals surface area contributed by atoms with Crippen LogP contribution in [0.4, 0.5) is 0 Å². The minimum Gasteiger partial charge on any atom is -0.357 e. The van der Waals surface area contributed by atoms with Gasteiger partial charge in [-0.05, 0) is 31.4 Å². The lowest BCUT2D eigenvalue weighted by atomic mass is 10.2. The largest absolute Gasteiger partial charge is 0.357 e. The van der Waals surface area contributed by atoms with E-state index in [9.17, 15) is 4.79 Å². The van der Waals surface area contributed by atoms with E-state index in [1.54, 1.807) is 16.7 Å². The van der Waals surface area contributed by atoms with Gasteiger partial charge < -0.3 is 14.8 Å². The number of aliphatic imine (C=N–C) groups is 1. The van der Waals surface area contributed by atoms with Crippen molar-refractivity contribution in [3.05, 3.63) is 76.7 Å². The molecule has 0 aliphatic carbocycles. The third-order valence-corrected chi connectivity index (χ3v) is 5.45. The van der Waals surface area contributed by atoms with Crippen LogP contribution in [0.1, 0.15) is 25.3 Å². The smallest absolute Gasteiger partial charge is 0.250 e. The van der Waals surface area contributed by atoms with Crippen LogP contribution in [0.25, 0.3) is 6.08 Å². The molecule has 1 aromatic carbocycles. The second-order valence-electron chi connectivity index (χ2n) is 7.78. The van der Waals surface area contributed by atoms with E-state index in [-0.39, 0.29) is 29.5 Å². The number of piperazine rings is 1. The van der Waals surface area contributed by atoms with E-state index in [4.69, 9.17) is 4.99 Å². The van der Waals surface area contributed by atoms with Crippen molar-refractivity contribution in [2.24, 2.45) is 4.99 Å². The van der Waals surface area contributed by atoms with E-state index in [0.29, 0.717) is 0 Å². The lowest BCUT2D eigenvalue weighted by molar-refractivity contribution is 0.194. The molecule has 0 atom stereocenters. The number of nitrogens with one attached hydrogen (secondary N) is 1. The Hall–Kier alpha value is -2.13. The molecular weight excluding hydrogens is 513 g/mol. The van der Waals surface area contributed by atoms with Crippen LogP contribution in [-0.2, 0) is 6.54 Å². The minimum absolute atomic E-state index is 0. The molecule has 0 radical (unpaired) electrons. The molecule has 0 amide bonds. The monoisotopic (exact) mass is 549 g/mol. The average Bonchev–Trinajstić information content (AvgIpc) is 2.80. The van der Waals surface area contributed by atoms with Crippen LogP contribution in [0.3, 0.4) is 0 Å². The van der Waals surface area contributed by atoms with Crippen molar-refractivity contribution in [3.8, 4) is 0 Å². The number of hydrogen-bond acceptors (Lipinski definition) is 3. The van der Waals surface area contributed by atoms with Crippen molar-refractivity contribution >= 4 is 36.0 Å². The molecule has 3 rings (SSSR count). The predicted octanol–water partition coefficient (Wildman–Crippen LogP) is 3.54. The van der Waals surface area contributed by atoms with Crippen molar-refractivity contribution < 1.29 is 0 Å². The number of pyridine rings is 1. The van der Waals surface area contributed by atoms with E-state index in [1.807, 2.05) is 18.3 Å². The number of nitrogens with zero attached hydrogens (tertiary/aromatic N) is 4. The third-order valence-electron chi connectivity index (χ3n) is 5.45. The maximum atomic E-state index is 11.8. The molecule has 0 spiro atoms. The first-order valence-corrected chi connectivity index (χ1v) is 11.4. The zero-order valence-electron chi connectivity index (χ0n) is 19.0. The molecule has 1 saturated heterocycles. The number of aromatic nitrogens is 1. The number of benzene rings is 1. The third kappa shape index (κ3) is 8.78. The maximum Gasteiger partial charge on any atom is 0.250 e. The Morgan fingerprint density at radius 2 is 1.78 bits per heavy atom. The minimum atomic E-state index is 0. The van der Waals surface area contributed by atoms with Crippen LogP contribution in [0, 0.1) is 0 Å². The molecule has 1 N–H and O–H groups in total. The SMILES string of the molecule is CCNC(=NCCCCn1ccccc1=O)N1CCN(C/C=C/c2ccccc2)CC1.I. The van der Waals surface area contributed by atoms with Gasteiger partial charge in [0.2, 0.25) is 5.56 Å². The van der Waals surface area contributed by atoms with Gasteiger partial charge in [0.05, 0.1) is 0 Å². The standard InChI is InChI=1S/C25H35N5O.HI/c1-2-26-25(27-15-7-9-18-29-17-8-6-14-24(29)31)30-21-19-28(20-22-30)16-10-13-23-11-4-3-5-12-23;/h3-6,8,10-14,17H,2,7,9,15-16,18-22H2,1H3,(H,26,27);1H/b13-10+;. The van der Waals surface area contributed by atoms with E-state index in [0.717, 1.165) is 71.2 Å². The quantitative estimate of drug-likeness (QED) is 0.225. The molecule has 174 valence electrons. The predicted molar refractivity (Wildman–Crippen MR) is 145 cm³/mol. The molecule has 0 unspecified atom stereocenters. The van der Waals surface area contributed by atoms with Gasteiger partial charge in [0.15, 0.2) is 5.96 Å². The summed E-state index contributed by atoms with van der Waals surface area (Å²) in [4.78, 5) is 21.4. The molecule has 32 heavy (non-hydrogen) atoms. The molecule has 6 nitrogen and oxygen atoms in total. The summed E-state index contributed by atoms with van der Waals surface area (Å²) in [6.45, 7) is 9.57. The zero-order valence-corrected chi connectivity index (χ0v) is 21.4. The molecule has 0 saturated carbocycles. The second kappa shape index (κ2) is 14.8. The molecule has 2 aromatic rings. The Morgan fingerprint density at radius 1 is 1.03 bits per heavy atom. The number of aryl methyl sites for hydroxylation is 1. The van der Waals surface area contributed by atoms with E-state index >= 15 is 0 Å². The molecular formula is C25H36IN5O. The van der Waals surface area contributed by atoms with E-state index in [2.05, 4.69) is 58.5 Å². The first-order chi connectivity index (χ1) is 15.3. The Kier molecular flexibility index (Phi) is 12.1. The Morgan fingerprint density at radius 3 is 2.50 bits per heavy atom. The summed E-state index contributed by atoms with van der Waals surface area (Å²) >= 11 is 0. The van der Waals surface area contributed by atoms with Crippen molar-refractivity contribution in [2.45, 2.75) is 26.3 Å². The highest BCUT2D eigenvalue weighted by Crippen LogP contribution is 2.05. The van der Waals surface area contributed by atoms with Gasteiger partial charge >= 0.3 is 0 Å². The highest BCUT2D eigenvalue weighted by Gasteiger charge is 2.18. The topological polar surface area (TPSA) is 52.9 Å². The van der Waals surface area contributed by atoms with Crippen LogP contribution in [0.2, 0.25) is 0 Å². The Bertz CT molecular complexity index is 888. The highest BCUT2D eigenvalue weighted by molar-refractivity contribution is 14.0. The van der Waals surface area contributed by atoms with Crippen LogP contribution < -0.4 is 10.9 Å². The number of hydrogen-bond donors (Lipinski definition) is 1. The summed E-state index contributed by atoms with van der Waals surface area (Å²) in [6.07, 6.45) is 8.23. The number of rotatable bonds is 9. The molecule has 1 aliphatic rings. The van der Waals surface area contributed by atoms with Gasteiger partial charge in [0.1, 0.15) is 0 Å². The van der Waals surface area contributed by atoms with Gasteiger partial charge in [0.25, 0.3) is 0 Å². The molecule has 1 aliphatic heterocycles. The van der Waals surface area contributed by atoms with Gasteiger partial charge in [-0.3, -0.25) is 14.7 Å². The maximum absolute atomic E-state index is 11.8. The van der Waals surface area contributed by atoms with Crippen molar-refractivity contribution in [1.29, 1.82) is 0 Å². The lowest BCUT2D eigenvalue weighted by Gasteiger charge is -2.36. The number of unbranched alkanes of at least 4 members (excludes halogenated alkanes) is 1. The lowest BCUT2D eigenvalue weighted by Crippen LogP contribution is -2.52. The molecule has 7 heteroatoms. The van der Waals surface area contributed by atoms with Gasteiger partial charge in [-0.1, -0.05) is 48.6 Å². The van der Waals surface area contributed by atoms with Crippen LogP contribution in [-0.4, -0.2) is 66.1 Å². The summed E-state index contributed by atoms with van der Waals surface area (Å²) in [5.74, 6) is 1.01. The fraction of sp³-hybridized carbons (Fsp3) is 0.440. The van der Waals surface area contributed by atoms with E-state index < -0.39 is 0 Å². The van der Waals surface area contributed by atoms with E-state index in [1.165, 1.54) is 5.56 Å².